The molecule has 1 aromatic rings. The first kappa shape index (κ1) is 13.5. The van der Waals surface area contributed by atoms with Gasteiger partial charge in [-0.05, 0) is 25.0 Å². The van der Waals surface area contributed by atoms with Crippen LogP contribution in [0.5, 0.6) is 5.75 Å². The number of ether oxygens (including phenoxy) is 1. The van der Waals surface area contributed by atoms with E-state index >= 15 is 0 Å². The number of nitrogen functional groups attached to an aromatic ring is 1. The van der Waals surface area contributed by atoms with Crippen molar-refractivity contribution in [1.29, 1.82) is 0 Å². The van der Waals surface area contributed by atoms with E-state index in [9.17, 15) is 18.0 Å². The van der Waals surface area contributed by atoms with Gasteiger partial charge in [0, 0.05) is 13.1 Å². The van der Waals surface area contributed by atoms with Gasteiger partial charge in [0.15, 0.2) is 5.75 Å². The Kier molecular flexibility index (Phi) is 3.55. The van der Waals surface area contributed by atoms with E-state index in [2.05, 4.69) is 4.74 Å². The monoisotopic (exact) mass is 274 g/mol. The van der Waals surface area contributed by atoms with E-state index in [1.807, 2.05) is 0 Å². The van der Waals surface area contributed by atoms with Crippen molar-refractivity contribution in [3.8, 4) is 5.75 Å². The van der Waals surface area contributed by atoms with Crippen LogP contribution in [0.2, 0.25) is 0 Å². The number of likely N-dealkylation sites (tertiary alicyclic amines) is 1. The Balaban J connectivity index is 2.26. The van der Waals surface area contributed by atoms with Crippen molar-refractivity contribution in [2.24, 2.45) is 0 Å². The Morgan fingerprint density at radius 3 is 2.47 bits per heavy atom. The summed E-state index contributed by atoms with van der Waals surface area (Å²) in [6, 6.07) is 3.81. The van der Waals surface area contributed by atoms with Gasteiger partial charge in [-0.15, -0.1) is 13.2 Å². The average Bonchev–Trinajstić information content (AvgIpc) is 2.83. The summed E-state index contributed by atoms with van der Waals surface area (Å²) in [6.07, 6.45) is -3.04. The SMILES string of the molecule is Nc1c(OC(F)(F)F)cccc1C(=O)N1CCCC1. The fourth-order valence-corrected chi connectivity index (χ4v) is 2.03. The Hall–Kier alpha value is -1.92. The van der Waals surface area contributed by atoms with Crippen LogP contribution in [0, 0.1) is 0 Å². The standard InChI is InChI=1S/C12H13F3N2O2/c13-12(14,15)19-9-5-3-4-8(10(9)16)11(18)17-6-1-2-7-17/h3-5H,1-2,6-7,16H2. The highest BCUT2D eigenvalue weighted by molar-refractivity contribution is 6.00. The lowest BCUT2D eigenvalue weighted by Crippen LogP contribution is -2.28. The molecule has 1 aliphatic rings. The summed E-state index contributed by atoms with van der Waals surface area (Å²) in [7, 11) is 0. The minimum Gasteiger partial charge on any atom is -0.404 e. The lowest BCUT2D eigenvalue weighted by Gasteiger charge is -2.18. The summed E-state index contributed by atoms with van der Waals surface area (Å²) in [6.45, 7) is 1.20. The van der Waals surface area contributed by atoms with Gasteiger partial charge in [0.1, 0.15) is 0 Å². The minimum atomic E-state index is -4.83. The van der Waals surface area contributed by atoms with E-state index in [1.165, 1.54) is 12.1 Å². The Morgan fingerprint density at radius 1 is 1.26 bits per heavy atom. The zero-order chi connectivity index (χ0) is 14.0. The lowest BCUT2D eigenvalue weighted by atomic mass is 10.1. The number of amides is 1. The first-order chi connectivity index (χ1) is 8.88. The third-order valence-corrected chi connectivity index (χ3v) is 2.92. The number of benzene rings is 1. The van der Waals surface area contributed by atoms with Crippen LogP contribution in [0.4, 0.5) is 18.9 Å². The van der Waals surface area contributed by atoms with Crippen molar-refractivity contribution in [1.82, 2.24) is 4.90 Å². The van der Waals surface area contributed by atoms with Gasteiger partial charge in [-0.25, -0.2) is 0 Å². The first-order valence-corrected chi connectivity index (χ1v) is 5.82. The molecule has 2 N–H and O–H groups in total. The molecule has 1 fully saturated rings. The molecule has 1 amide bonds. The molecule has 0 spiro atoms. The number of halogens is 3. The number of nitrogens with two attached hydrogens (primary N) is 1. The summed E-state index contributed by atoms with van der Waals surface area (Å²) in [5.41, 5.74) is 5.35. The van der Waals surface area contributed by atoms with Crippen LogP contribution < -0.4 is 10.5 Å². The highest BCUT2D eigenvalue weighted by Gasteiger charge is 2.33. The van der Waals surface area contributed by atoms with Crippen LogP contribution in [0.25, 0.3) is 0 Å². The first-order valence-electron chi connectivity index (χ1n) is 5.82. The number of nitrogens with zero attached hydrogens (tertiary/aromatic N) is 1. The van der Waals surface area contributed by atoms with Gasteiger partial charge in [0.05, 0.1) is 11.3 Å². The summed E-state index contributed by atoms with van der Waals surface area (Å²) in [5, 5.41) is 0. The minimum absolute atomic E-state index is 0.0450. The number of hydrogen-bond donors (Lipinski definition) is 1. The highest BCUT2D eigenvalue weighted by atomic mass is 19.4. The van der Waals surface area contributed by atoms with Crippen molar-refractivity contribution < 1.29 is 22.7 Å². The van der Waals surface area contributed by atoms with E-state index in [1.54, 1.807) is 4.90 Å². The van der Waals surface area contributed by atoms with Gasteiger partial charge in [-0.3, -0.25) is 4.79 Å². The summed E-state index contributed by atoms with van der Waals surface area (Å²) in [4.78, 5) is 13.7. The van der Waals surface area contributed by atoms with E-state index in [-0.39, 0.29) is 17.2 Å². The van der Waals surface area contributed by atoms with Crippen molar-refractivity contribution >= 4 is 11.6 Å². The zero-order valence-electron chi connectivity index (χ0n) is 10.0. The number of para-hydroxylation sites is 1. The van der Waals surface area contributed by atoms with Gasteiger partial charge in [-0.1, -0.05) is 6.07 Å². The lowest BCUT2D eigenvalue weighted by molar-refractivity contribution is -0.274. The Bertz CT molecular complexity index is 482. The number of carbonyl (C=O) groups excluding carboxylic acids is 1. The van der Waals surface area contributed by atoms with Gasteiger partial charge in [0.25, 0.3) is 5.91 Å². The number of anilines is 1. The quantitative estimate of drug-likeness (QED) is 0.842. The van der Waals surface area contributed by atoms with Crippen molar-refractivity contribution in [3.05, 3.63) is 23.8 Å². The van der Waals surface area contributed by atoms with E-state index in [0.717, 1.165) is 18.9 Å². The summed E-state index contributed by atoms with van der Waals surface area (Å²) < 4.78 is 40.3. The number of rotatable bonds is 2. The van der Waals surface area contributed by atoms with Gasteiger partial charge >= 0.3 is 6.36 Å². The molecule has 1 aliphatic heterocycles. The largest absolute Gasteiger partial charge is 0.573 e. The van der Waals surface area contributed by atoms with Crippen LogP contribution in [0.15, 0.2) is 18.2 Å². The number of alkyl halides is 3. The molecule has 104 valence electrons. The smallest absolute Gasteiger partial charge is 0.404 e. The molecule has 1 heterocycles. The van der Waals surface area contributed by atoms with Crippen LogP contribution in [-0.4, -0.2) is 30.3 Å². The molecule has 0 radical (unpaired) electrons. The molecule has 0 saturated carbocycles. The van der Waals surface area contributed by atoms with Crippen LogP contribution >= 0.6 is 0 Å². The van der Waals surface area contributed by atoms with Crippen LogP contribution in [0.3, 0.4) is 0 Å². The van der Waals surface area contributed by atoms with Crippen LogP contribution in [0.1, 0.15) is 23.2 Å². The second-order valence-electron chi connectivity index (χ2n) is 4.26. The fourth-order valence-electron chi connectivity index (χ4n) is 2.03. The second-order valence-corrected chi connectivity index (χ2v) is 4.26. The Morgan fingerprint density at radius 2 is 1.89 bits per heavy atom. The Labute approximate surface area is 107 Å². The predicted molar refractivity (Wildman–Crippen MR) is 62.7 cm³/mol. The van der Waals surface area contributed by atoms with Gasteiger partial charge in [0.2, 0.25) is 0 Å². The predicted octanol–water partition coefficient (Wildman–Crippen LogP) is 2.40. The van der Waals surface area contributed by atoms with E-state index in [4.69, 9.17) is 5.73 Å². The molecule has 0 atom stereocenters. The van der Waals surface area contributed by atoms with E-state index < -0.39 is 12.1 Å². The average molecular weight is 274 g/mol. The number of carbonyl (C=O) groups is 1. The van der Waals surface area contributed by atoms with E-state index in [0.29, 0.717) is 13.1 Å². The molecular weight excluding hydrogens is 261 g/mol. The maximum atomic E-state index is 12.2. The molecule has 19 heavy (non-hydrogen) atoms. The maximum Gasteiger partial charge on any atom is 0.573 e. The van der Waals surface area contributed by atoms with Gasteiger partial charge in [-0.2, -0.15) is 0 Å². The molecule has 0 bridgehead atoms. The second kappa shape index (κ2) is 4.99. The normalized spacial score (nSPS) is 15.6. The number of hydrogen-bond acceptors (Lipinski definition) is 3. The molecule has 0 unspecified atom stereocenters. The molecule has 0 aromatic heterocycles. The van der Waals surface area contributed by atoms with Crippen LogP contribution in [-0.2, 0) is 0 Å². The zero-order valence-corrected chi connectivity index (χ0v) is 10.0. The maximum absolute atomic E-state index is 12.2. The third kappa shape index (κ3) is 3.10. The fraction of sp³-hybridized carbons (Fsp3) is 0.417. The molecule has 4 nitrogen and oxygen atoms in total. The van der Waals surface area contributed by atoms with Crippen molar-refractivity contribution in [2.45, 2.75) is 19.2 Å². The molecule has 1 aromatic carbocycles. The molecule has 0 aliphatic carbocycles. The molecule has 2 rings (SSSR count). The molecule has 7 heteroatoms. The van der Waals surface area contributed by atoms with Crippen molar-refractivity contribution in [3.63, 3.8) is 0 Å². The third-order valence-electron chi connectivity index (χ3n) is 2.92. The van der Waals surface area contributed by atoms with Crippen molar-refractivity contribution in [2.75, 3.05) is 18.8 Å². The highest BCUT2D eigenvalue weighted by Crippen LogP contribution is 2.31. The molecule has 1 saturated heterocycles. The topological polar surface area (TPSA) is 55.6 Å². The van der Waals surface area contributed by atoms with Gasteiger partial charge < -0.3 is 15.4 Å². The summed E-state index contributed by atoms with van der Waals surface area (Å²) >= 11 is 0. The molecular formula is C12H13F3N2O2. The summed E-state index contributed by atoms with van der Waals surface area (Å²) in [5.74, 6) is -0.903.